The highest BCUT2D eigenvalue weighted by molar-refractivity contribution is 6.01. The normalized spacial score (nSPS) is 12.4. The number of hydrogen-bond acceptors (Lipinski definition) is 5. The molecule has 1 amide bonds. The Balaban J connectivity index is 4.18. The molecule has 1 unspecified atom stereocenters. The monoisotopic (exact) mass is 227 g/mol. The summed E-state index contributed by atoms with van der Waals surface area (Å²) in [7, 11) is 0. The van der Waals surface area contributed by atoms with Gasteiger partial charge < -0.3 is 15.8 Å². The summed E-state index contributed by atoms with van der Waals surface area (Å²) < 4.78 is 4.59. The lowest BCUT2D eigenvalue weighted by atomic mass is 9.96. The van der Waals surface area contributed by atoms with Crippen molar-refractivity contribution in [3.63, 3.8) is 0 Å². The van der Waals surface area contributed by atoms with Crippen LogP contribution < -0.4 is 11.1 Å². The average molecular weight is 227 g/mol. The second kappa shape index (κ2) is 6.08. The van der Waals surface area contributed by atoms with Gasteiger partial charge in [-0.1, -0.05) is 0 Å². The van der Waals surface area contributed by atoms with Gasteiger partial charge in [-0.25, -0.2) is 4.79 Å². The van der Waals surface area contributed by atoms with Crippen LogP contribution in [0.1, 0.15) is 20.8 Å². The molecule has 0 radical (unpaired) electrons. The van der Waals surface area contributed by atoms with Crippen LogP contribution in [0.4, 0.5) is 0 Å². The minimum absolute atomic E-state index is 0.134. The average Bonchev–Trinajstić information content (AvgIpc) is 2.25. The SMILES string of the molecule is CCOC(=O)C(N)C(=O)NCC(C)(C)C#N. The van der Waals surface area contributed by atoms with E-state index in [1.807, 2.05) is 6.07 Å². The van der Waals surface area contributed by atoms with Gasteiger partial charge in [-0.3, -0.25) is 4.79 Å². The maximum absolute atomic E-state index is 11.4. The molecule has 0 bridgehead atoms. The fourth-order valence-electron chi connectivity index (χ4n) is 0.797. The molecule has 0 aliphatic heterocycles. The predicted molar refractivity (Wildman–Crippen MR) is 57.0 cm³/mol. The van der Waals surface area contributed by atoms with Crippen molar-refractivity contribution in [2.45, 2.75) is 26.8 Å². The number of nitrogens with two attached hydrogens (primary N) is 1. The van der Waals surface area contributed by atoms with Crippen LogP contribution in [0.25, 0.3) is 0 Å². The number of nitriles is 1. The highest BCUT2D eigenvalue weighted by atomic mass is 16.5. The molecule has 0 rings (SSSR count). The van der Waals surface area contributed by atoms with Gasteiger partial charge >= 0.3 is 5.97 Å². The number of nitrogens with zero attached hydrogens (tertiary/aromatic N) is 1. The standard InChI is InChI=1S/C10H17N3O3/c1-4-16-9(15)7(12)8(14)13-6-10(2,3)5-11/h7H,4,6,12H2,1-3H3,(H,13,14). The Hall–Kier alpha value is -1.61. The molecule has 0 aromatic heterocycles. The van der Waals surface area contributed by atoms with E-state index >= 15 is 0 Å². The quantitative estimate of drug-likeness (QED) is 0.488. The van der Waals surface area contributed by atoms with E-state index in [1.165, 1.54) is 0 Å². The first kappa shape index (κ1) is 14.4. The van der Waals surface area contributed by atoms with Crippen molar-refractivity contribution in [2.75, 3.05) is 13.2 Å². The molecule has 0 fully saturated rings. The van der Waals surface area contributed by atoms with E-state index in [0.717, 1.165) is 0 Å². The van der Waals surface area contributed by atoms with Gasteiger partial charge in [0.15, 0.2) is 6.04 Å². The number of ether oxygens (including phenoxy) is 1. The Labute approximate surface area is 94.7 Å². The molecule has 0 aromatic carbocycles. The molecule has 0 aliphatic carbocycles. The van der Waals surface area contributed by atoms with Crippen molar-refractivity contribution >= 4 is 11.9 Å². The molecule has 0 saturated heterocycles. The van der Waals surface area contributed by atoms with Crippen LogP contribution in [0.2, 0.25) is 0 Å². The molecule has 0 aliphatic rings. The topological polar surface area (TPSA) is 105 Å². The zero-order valence-electron chi connectivity index (χ0n) is 9.74. The highest BCUT2D eigenvalue weighted by Crippen LogP contribution is 2.10. The Kier molecular flexibility index (Phi) is 5.47. The molecule has 0 saturated carbocycles. The van der Waals surface area contributed by atoms with Crippen molar-refractivity contribution in [3.05, 3.63) is 0 Å². The van der Waals surface area contributed by atoms with E-state index in [1.54, 1.807) is 20.8 Å². The van der Waals surface area contributed by atoms with Crippen molar-refractivity contribution < 1.29 is 14.3 Å². The first-order valence-electron chi connectivity index (χ1n) is 4.95. The number of rotatable bonds is 5. The molecular formula is C10H17N3O3. The van der Waals surface area contributed by atoms with E-state index in [0.29, 0.717) is 0 Å². The second-order valence-electron chi connectivity index (χ2n) is 3.94. The molecule has 90 valence electrons. The van der Waals surface area contributed by atoms with Crippen LogP contribution >= 0.6 is 0 Å². The van der Waals surface area contributed by atoms with Gasteiger partial charge in [0.05, 0.1) is 18.1 Å². The third-order valence-corrected chi connectivity index (χ3v) is 1.83. The summed E-state index contributed by atoms with van der Waals surface area (Å²) in [4.78, 5) is 22.5. The van der Waals surface area contributed by atoms with Crippen LogP contribution in [-0.4, -0.2) is 31.1 Å². The fourth-order valence-corrected chi connectivity index (χ4v) is 0.797. The minimum Gasteiger partial charge on any atom is -0.464 e. The van der Waals surface area contributed by atoms with Crippen LogP contribution in [0.3, 0.4) is 0 Å². The number of carbonyl (C=O) groups is 2. The van der Waals surface area contributed by atoms with Crippen molar-refractivity contribution in [1.29, 1.82) is 5.26 Å². The lowest BCUT2D eigenvalue weighted by molar-refractivity contribution is -0.148. The lowest BCUT2D eigenvalue weighted by Crippen LogP contribution is -2.48. The van der Waals surface area contributed by atoms with Gasteiger partial charge in [-0.15, -0.1) is 0 Å². The zero-order valence-corrected chi connectivity index (χ0v) is 9.74. The number of amides is 1. The van der Waals surface area contributed by atoms with E-state index in [2.05, 4.69) is 10.1 Å². The Morgan fingerprint density at radius 3 is 2.56 bits per heavy atom. The molecule has 0 aromatic rings. The third-order valence-electron chi connectivity index (χ3n) is 1.83. The van der Waals surface area contributed by atoms with E-state index in [9.17, 15) is 9.59 Å². The first-order valence-corrected chi connectivity index (χ1v) is 4.95. The second-order valence-corrected chi connectivity index (χ2v) is 3.94. The summed E-state index contributed by atoms with van der Waals surface area (Å²) in [5, 5.41) is 11.1. The minimum atomic E-state index is -1.34. The molecule has 0 heterocycles. The summed E-state index contributed by atoms with van der Waals surface area (Å²) >= 11 is 0. The number of hydrogen-bond donors (Lipinski definition) is 2. The van der Waals surface area contributed by atoms with E-state index in [-0.39, 0.29) is 13.2 Å². The number of esters is 1. The fraction of sp³-hybridized carbons (Fsp3) is 0.700. The molecule has 1 atom stereocenters. The summed E-state index contributed by atoms with van der Waals surface area (Å²) in [6.45, 7) is 5.27. The molecule has 16 heavy (non-hydrogen) atoms. The third kappa shape index (κ3) is 4.75. The maximum Gasteiger partial charge on any atom is 0.332 e. The van der Waals surface area contributed by atoms with Crippen LogP contribution in [0.15, 0.2) is 0 Å². The maximum atomic E-state index is 11.4. The number of carbonyl (C=O) groups excluding carboxylic acids is 2. The molecule has 3 N–H and O–H groups in total. The molecular weight excluding hydrogens is 210 g/mol. The van der Waals surface area contributed by atoms with E-state index < -0.39 is 23.3 Å². The summed E-state index contributed by atoms with van der Waals surface area (Å²) in [6.07, 6.45) is 0. The van der Waals surface area contributed by atoms with Gasteiger partial charge in [0.2, 0.25) is 5.91 Å². The zero-order chi connectivity index (χ0) is 12.8. The predicted octanol–water partition coefficient (Wildman–Crippen LogP) is -0.457. The first-order chi connectivity index (χ1) is 7.34. The Morgan fingerprint density at radius 2 is 2.12 bits per heavy atom. The van der Waals surface area contributed by atoms with Crippen LogP contribution in [-0.2, 0) is 14.3 Å². The van der Waals surface area contributed by atoms with Gasteiger partial charge in [0.25, 0.3) is 0 Å². The van der Waals surface area contributed by atoms with Gasteiger partial charge in [-0.2, -0.15) is 5.26 Å². The molecule has 0 spiro atoms. The van der Waals surface area contributed by atoms with Crippen LogP contribution in [0.5, 0.6) is 0 Å². The van der Waals surface area contributed by atoms with Gasteiger partial charge in [0.1, 0.15) is 0 Å². The lowest BCUT2D eigenvalue weighted by Gasteiger charge is -2.17. The van der Waals surface area contributed by atoms with Gasteiger partial charge in [-0.05, 0) is 20.8 Å². The Morgan fingerprint density at radius 1 is 1.56 bits per heavy atom. The van der Waals surface area contributed by atoms with E-state index in [4.69, 9.17) is 11.0 Å². The van der Waals surface area contributed by atoms with Crippen molar-refractivity contribution in [3.8, 4) is 6.07 Å². The molecule has 6 nitrogen and oxygen atoms in total. The van der Waals surface area contributed by atoms with Crippen LogP contribution in [0, 0.1) is 16.7 Å². The Bertz CT molecular complexity index is 307. The summed E-state index contributed by atoms with van der Waals surface area (Å²) in [5.41, 5.74) is 4.66. The highest BCUT2D eigenvalue weighted by Gasteiger charge is 2.25. The van der Waals surface area contributed by atoms with Crippen molar-refractivity contribution in [1.82, 2.24) is 5.32 Å². The number of nitrogens with one attached hydrogen (secondary N) is 1. The molecule has 6 heteroatoms. The summed E-state index contributed by atoms with van der Waals surface area (Å²) in [6, 6.07) is 0.680. The smallest absolute Gasteiger partial charge is 0.332 e. The largest absolute Gasteiger partial charge is 0.464 e. The summed E-state index contributed by atoms with van der Waals surface area (Å²) in [5.74, 6) is -1.41. The van der Waals surface area contributed by atoms with Gasteiger partial charge in [0, 0.05) is 6.54 Å². The van der Waals surface area contributed by atoms with Crippen molar-refractivity contribution in [2.24, 2.45) is 11.1 Å².